The second kappa shape index (κ2) is 5.71. The highest BCUT2D eigenvalue weighted by Crippen LogP contribution is 2.42. The van der Waals surface area contributed by atoms with Crippen LogP contribution in [0.5, 0.6) is 0 Å². The summed E-state index contributed by atoms with van der Waals surface area (Å²) in [5.74, 6) is 0. The van der Waals surface area contributed by atoms with E-state index < -0.39 is 4.33 Å². The molecular weight excluding hydrogens is 310 g/mol. The summed E-state index contributed by atoms with van der Waals surface area (Å²) < 4.78 is -1.09. The molecule has 0 aliphatic rings. The predicted molar refractivity (Wildman–Crippen MR) is 80.0 cm³/mol. The molecular formula is C14H10Cl4. The molecule has 0 unspecified atom stereocenters. The van der Waals surface area contributed by atoms with Crippen LogP contribution in [0.15, 0.2) is 48.5 Å². The Hall–Kier alpha value is -0.400. The van der Waals surface area contributed by atoms with Crippen LogP contribution in [0.4, 0.5) is 0 Å². The Labute approximate surface area is 126 Å². The summed E-state index contributed by atoms with van der Waals surface area (Å²) in [5, 5.41) is 0.855. The van der Waals surface area contributed by atoms with E-state index in [2.05, 4.69) is 0 Å². The minimum atomic E-state index is -1.09. The average Bonchev–Trinajstić information content (AvgIpc) is 2.33. The van der Waals surface area contributed by atoms with Crippen LogP contribution in [0.1, 0.15) is 11.1 Å². The molecule has 0 heterocycles. The zero-order valence-corrected chi connectivity index (χ0v) is 12.4. The number of hydrogen-bond acceptors (Lipinski definition) is 0. The smallest absolute Gasteiger partial charge is 0.0959 e. The number of benzene rings is 2. The summed E-state index contributed by atoms with van der Waals surface area (Å²) >= 11 is 24.9. The molecule has 0 aliphatic heterocycles. The molecule has 2 aromatic rings. The Morgan fingerprint density at radius 3 is 2.17 bits per heavy atom. The highest BCUT2D eigenvalue weighted by atomic mass is 35.5. The first-order chi connectivity index (χ1) is 8.50. The van der Waals surface area contributed by atoms with E-state index in [0.717, 1.165) is 5.56 Å². The molecule has 0 N–H and O–H groups in total. The maximum absolute atomic E-state index is 6.40. The topological polar surface area (TPSA) is 0 Å². The normalized spacial score (nSPS) is 11.6. The zero-order chi connectivity index (χ0) is 13.2. The van der Waals surface area contributed by atoms with E-state index in [1.807, 2.05) is 30.3 Å². The highest BCUT2D eigenvalue weighted by molar-refractivity contribution is 6.50. The van der Waals surface area contributed by atoms with Gasteiger partial charge in [0.05, 0.1) is 10.0 Å². The van der Waals surface area contributed by atoms with E-state index in [9.17, 15) is 0 Å². The molecule has 2 rings (SSSR count). The number of alkyl halides is 2. The van der Waals surface area contributed by atoms with Crippen LogP contribution >= 0.6 is 46.4 Å². The van der Waals surface area contributed by atoms with Gasteiger partial charge in [-0.15, -0.1) is 0 Å². The van der Waals surface area contributed by atoms with Gasteiger partial charge in [-0.05, 0) is 11.6 Å². The summed E-state index contributed by atoms with van der Waals surface area (Å²) in [7, 11) is 0. The van der Waals surface area contributed by atoms with Crippen LogP contribution in [0, 0.1) is 0 Å². The first kappa shape index (κ1) is 14.0. The highest BCUT2D eigenvalue weighted by Gasteiger charge is 2.30. The van der Waals surface area contributed by atoms with Crippen molar-refractivity contribution in [3.05, 3.63) is 69.7 Å². The summed E-state index contributed by atoms with van der Waals surface area (Å²) in [4.78, 5) is 0. The van der Waals surface area contributed by atoms with Crippen LogP contribution in [0.25, 0.3) is 0 Å². The van der Waals surface area contributed by atoms with Crippen LogP contribution in [-0.4, -0.2) is 0 Å². The number of halogens is 4. The van der Waals surface area contributed by atoms with E-state index in [-0.39, 0.29) is 0 Å². The third kappa shape index (κ3) is 3.13. The Bertz CT molecular complexity index is 535. The first-order valence-electron chi connectivity index (χ1n) is 5.37. The minimum Gasteiger partial charge on any atom is -0.0959 e. The molecule has 0 saturated carbocycles. The monoisotopic (exact) mass is 318 g/mol. The summed E-state index contributed by atoms with van der Waals surface area (Å²) in [6.07, 6.45) is 0.469. The SMILES string of the molecule is Clc1cccc(C(Cl)(Cl)Cc2ccccc2)c1Cl. The van der Waals surface area contributed by atoms with Gasteiger partial charge in [-0.1, -0.05) is 88.9 Å². The fourth-order valence-electron chi connectivity index (χ4n) is 1.73. The fraction of sp³-hybridized carbons (Fsp3) is 0.143. The quantitative estimate of drug-likeness (QED) is 0.621. The van der Waals surface area contributed by atoms with Crippen LogP contribution < -0.4 is 0 Å². The van der Waals surface area contributed by atoms with Crippen molar-refractivity contribution < 1.29 is 0 Å². The molecule has 4 heteroatoms. The van der Waals surface area contributed by atoms with Gasteiger partial charge in [0.2, 0.25) is 0 Å². The molecule has 0 radical (unpaired) electrons. The number of hydrogen-bond donors (Lipinski definition) is 0. The summed E-state index contributed by atoms with van der Waals surface area (Å²) in [6, 6.07) is 15.1. The summed E-state index contributed by atoms with van der Waals surface area (Å²) in [5.41, 5.74) is 1.67. The van der Waals surface area contributed by atoms with E-state index in [1.54, 1.807) is 18.2 Å². The third-order valence-electron chi connectivity index (χ3n) is 2.61. The molecule has 0 spiro atoms. The van der Waals surface area contributed by atoms with Crippen LogP contribution in [-0.2, 0) is 10.8 Å². The van der Waals surface area contributed by atoms with E-state index in [0.29, 0.717) is 22.0 Å². The standard InChI is InChI=1S/C14H10Cl4/c15-12-8-4-7-11(13(12)16)14(17,18)9-10-5-2-1-3-6-10/h1-8H,9H2. The van der Waals surface area contributed by atoms with Gasteiger partial charge >= 0.3 is 0 Å². The summed E-state index contributed by atoms with van der Waals surface area (Å²) in [6.45, 7) is 0. The Balaban J connectivity index is 2.33. The van der Waals surface area contributed by atoms with Gasteiger partial charge < -0.3 is 0 Å². The van der Waals surface area contributed by atoms with Gasteiger partial charge in [0.15, 0.2) is 0 Å². The van der Waals surface area contributed by atoms with Crippen molar-refractivity contribution in [3.63, 3.8) is 0 Å². The molecule has 0 aliphatic carbocycles. The molecule has 0 fully saturated rings. The molecule has 0 aromatic heterocycles. The van der Waals surface area contributed by atoms with Gasteiger partial charge in [0.25, 0.3) is 0 Å². The Morgan fingerprint density at radius 1 is 0.833 bits per heavy atom. The van der Waals surface area contributed by atoms with Crippen molar-refractivity contribution in [2.24, 2.45) is 0 Å². The molecule has 0 saturated heterocycles. The lowest BCUT2D eigenvalue weighted by atomic mass is 10.0. The predicted octanol–water partition coefficient (Wildman–Crippen LogP) is 5.87. The molecule has 0 nitrogen and oxygen atoms in total. The lowest BCUT2D eigenvalue weighted by Crippen LogP contribution is -2.14. The molecule has 0 atom stereocenters. The maximum Gasteiger partial charge on any atom is 0.148 e. The fourth-order valence-corrected chi connectivity index (χ4v) is 2.92. The van der Waals surface area contributed by atoms with Crippen molar-refractivity contribution >= 4 is 46.4 Å². The molecule has 2 aromatic carbocycles. The Kier molecular flexibility index (Phi) is 4.45. The third-order valence-corrected chi connectivity index (χ3v) is 4.11. The van der Waals surface area contributed by atoms with Crippen molar-refractivity contribution in [3.8, 4) is 0 Å². The average molecular weight is 320 g/mol. The number of rotatable bonds is 3. The van der Waals surface area contributed by atoms with E-state index >= 15 is 0 Å². The van der Waals surface area contributed by atoms with Gasteiger partial charge in [0, 0.05) is 12.0 Å². The van der Waals surface area contributed by atoms with E-state index in [4.69, 9.17) is 46.4 Å². The van der Waals surface area contributed by atoms with Gasteiger partial charge in [-0.25, -0.2) is 0 Å². The zero-order valence-electron chi connectivity index (χ0n) is 9.34. The Morgan fingerprint density at radius 2 is 1.50 bits per heavy atom. The maximum atomic E-state index is 6.40. The van der Waals surface area contributed by atoms with Gasteiger partial charge in [0.1, 0.15) is 4.33 Å². The van der Waals surface area contributed by atoms with Crippen LogP contribution in [0.2, 0.25) is 10.0 Å². The lowest BCUT2D eigenvalue weighted by Gasteiger charge is -2.22. The van der Waals surface area contributed by atoms with Crippen molar-refractivity contribution in [1.82, 2.24) is 0 Å². The minimum absolute atomic E-state index is 0.403. The van der Waals surface area contributed by atoms with E-state index in [1.165, 1.54) is 0 Å². The van der Waals surface area contributed by atoms with Gasteiger partial charge in [-0.2, -0.15) is 0 Å². The van der Waals surface area contributed by atoms with Crippen LogP contribution in [0.3, 0.4) is 0 Å². The first-order valence-corrected chi connectivity index (χ1v) is 6.88. The molecule has 18 heavy (non-hydrogen) atoms. The van der Waals surface area contributed by atoms with Crippen molar-refractivity contribution in [2.75, 3.05) is 0 Å². The van der Waals surface area contributed by atoms with Crippen molar-refractivity contribution in [1.29, 1.82) is 0 Å². The van der Waals surface area contributed by atoms with Crippen molar-refractivity contribution in [2.45, 2.75) is 10.8 Å². The molecule has 0 amide bonds. The largest absolute Gasteiger partial charge is 0.148 e. The van der Waals surface area contributed by atoms with Gasteiger partial charge in [-0.3, -0.25) is 0 Å². The molecule has 0 bridgehead atoms. The lowest BCUT2D eigenvalue weighted by molar-refractivity contribution is 0.837. The second-order valence-electron chi connectivity index (χ2n) is 3.97. The molecule has 94 valence electrons. The second-order valence-corrected chi connectivity index (χ2v) is 6.24.